The number of terminal acetylenes is 1. The highest BCUT2D eigenvalue weighted by molar-refractivity contribution is 5.78. The van der Waals surface area contributed by atoms with Crippen molar-refractivity contribution in [1.29, 1.82) is 0 Å². The number of rotatable bonds is 5. The molecule has 100 valence electrons. The van der Waals surface area contributed by atoms with Crippen LogP contribution in [0.15, 0.2) is 0 Å². The molecular weight excluding hydrogens is 232 g/mol. The number of hydrogen-bond acceptors (Lipinski definition) is 4. The molecule has 18 heavy (non-hydrogen) atoms. The number of esters is 1. The van der Waals surface area contributed by atoms with Crippen molar-refractivity contribution in [2.75, 3.05) is 26.7 Å². The van der Waals surface area contributed by atoms with E-state index < -0.39 is 0 Å². The SMILES string of the molecule is C#CCNC(=O)CN1CCCC[C@@H]1CC(=O)OC. The lowest BCUT2D eigenvalue weighted by atomic mass is 9.99. The molecule has 1 amide bonds. The number of ether oxygens (including phenoxy) is 1. The smallest absolute Gasteiger partial charge is 0.307 e. The van der Waals surface area contributed by atoms with Gasteiger partial charge in [-0.1, -0.05) is 12.3 Å². The van der Waals surface area contributed by atoms with Crippen LogP contribution < -0.4 is 5.32 Å². The molecule has 0 aliphatic carbocycles. The molecule has 1 rings (SSSR count). The highest BCUT2D eigenvalue weighted by atomic mass is 16.5. The van der Waals surface area contributed by atoms with Crippen molar-refractivity contribution in [2.24, 2.45) is 0 Å². The fourth-order valence-electron chi connectivity index (χ4n) is 2.17. The Kier molecular flexibility index (Phi) is 6.23. The van der Waals surface area contributed by atoms with Gasteiger partial charge in [0.1, 0.15) is 0 Å². The van der Waals surface area contributed by atoms with Crippen LogP contribution in [0, 0.1) is 12.3 Å². The Labute approximate surface area is 108 Å². The van der Waals surface area contributed by atoms with Gasteiger partial charge in [0.25, 0.3) is 0 Å². The van der Waals surface area contributed by atoms with E-state index in [1.807, 2.05) is 4.90 Å². The summed E-state index contributed by atoms with van der Waals surface area (Å²) in [5.74, 6) is 2.04. The summed E-state index contributed by atoms with van der Waals surface area (Å²) in [4.78, 5) is 24.9. The summed E-state index contributed by atoms with van der Waals surface area (Å²) < 4.78 is 4.68. The molecule has 0 bridgehead atoms. The molecule has 1 heterocycles. The minimum Gasteiger partial charge on any atom is -0.469 e. The molecule has 1 fully saturated rings. The summed E-state index contributed by atoms with van der Waals surface area (Å²) in [5.41, 5.74) is 0. The maximum absolute atomic E-state index is 11.6. The summed E-state index contributed by atoms with van der Waals surface area (Å²) in [6, 6.07) is 0.0998. The number of amides is 1. The fraction of sp³-hybridized carbons (Fsp3) is 0.692. The summed E-state index contributed by atoms with van der Waals surface area (Å²) in [7, 11) is 1.38. The van der Waals surface area contributed by atoms with Crippen LogP contribution in [0.2, 0.25) is 0 Å². The summed E-state index contributed by atoms with van der Waals surface area (Å²) in [6.45, 7) is 1.38. The van der Waals surface area contributed by atoms with Gasteiger partial charge >= 0.3 is 5.97 Å². The van der Waals surface area contributed by atoms with E-state index in [-0.39, 0.29) is 24.5 Å². The summed E-state index contributed by atoms with van der Waals surface area (Å²) >= 11 is 0. The van der Waals surface area contributed by atoms with Crippen LogP contribution in [0.3, 0.4) is 0 Å². The topological polar surface area (TPSA) is 58.6 Å². The van der Waals surface area contributed by atoms with Gasteiger partial charge in [-0.25, -0.2) is 0 Å². The largest absolute Gasteiger partial charge is 0.469 e. The highest BCUT2D eigenvalue weighted by Gasteiger charge is 2.26. The number of carbonyl (C=O) groups is 2. The van der Waals surface area contributed by atoms with E-state index in [1.165, 1.54) is 7.11 Å². The lowest BCUT2D eigenvalue weighted by molar-refractivity contribution is -0.143. The Balaban J connectivity index is 2.46. The van der Waals surface area contributed by atoms with Gasteiger partial charge in [0.15, 0.2) is 0 Å². The Bertz CT molecular complexity index is 336. The van der Waals surface area contributed by atoms with Gasteiger partial charge in [-0.3, -0.25) is 14.5 Å². The number of nitrogens with one attached hydrogen (secondary N) is 1. The second kappa shape index (κ2) is 7.72. The average Bonchev–Trinajstić information content (AvgIpc) is 2.38. The first-order chi connectivity index (χ1) is 8.67. The van der Waals surface area contributed by atoms with Gasteiger partial charge in [0.2, 0.25) is 5.91 Å². The van der Waals surface area contributed by atoms with Crippen molar-refractivity contribution in [3.8, 4) is 12.3 Å². The van der Waals surface area contributed by atoms with E-state index in [2.05, 4.69) is 16.0 Å². The predicted molar refractivity (Wildman–Crippen MR) is 67.7 cm³/mol. The van der Waals surface area contributed by atoms with E-state index in [9.17, 15) is 9.59 Å². The Morgan fingerprint density at radius 2 is 2.28 bits per heavy atom. The molecule has 1 aliphatic rings. The molecule has 1 atom stereocenters. The average molecular weight is 252 g/mol. The van der Waals surface area contributed by atoms with Crippen molar-refractivity contribution in [1.82, 2.24) is 10.2 Å². The van der Waals surface area contributed by atoms with E-state index in [0.29, 0.717) is 13.0 Å². The Morgan fingerprint density at radius 3 is 2.94 bits per heavy atom. The molecule has 1 saturated heterocycles. The van der Waals surface area contributed by atoms with Crippen LogP contribution in [-0.4, -0.2) is 49.6 Å². The van der Waals surface area contributed by atoms with Gasteiger partial charge < -0.3 is 10.1 Å². The quantitative estimate of drug-likeness (QED) is 0.559. The second-order valence-corrected chi connectivity index (χ2v) is 4.38. The second-order valence-electron chi connectivity index (χ2n) is 4.38. The standard InChI is InChI=1S/C13H20N2O3/c1-3-7-14-12(16)10-15-8-5-4-6-11(15)9-13(17)18-2/h1,11H,4-10H2,2H3,(H,14,16)/t11-/m1/s1. The zero-order valence-corrected chi connectivity index (χ0v) is 10.8. The minimum atomic E-state index is -0.226. The van der Waals surface area contributed by atoms with E-state index in [0.717, 1.165) is 25.8 Å². The maximum Gasteiger partial charge on any atom is 0.307 e. The number of piperidine rings is 1. The third-order valence-corrected chi connectivity index (χ3v) is 3.11. The molecule has 0 unspecified atom stereocenters. The van der Waals surface area contributed by atoms with Crippen LogP contribution in [0.1, 0.15) is 25.7 Å². The lowest BCUT2D eigenvalue weighted by Gasteiger charge is -2.34. The van der Waals surface area contributed by atoms with E-state index >= 15 is 0 Å². The van der Waals surface area contributed by atoms with Crippen molar-refractivity contribution in [3.63, 3.8) is 0 Å². The van der Waals surface area contributed by atoms with Crippen molar-refractivity contribution >= 4 is 11.9 Å². The van der Waals surface area contributed by atoms with Crippen molar-refractivity contribution < 1.29 is 14.3 Å². The van der Waals surface area contributed by atoms with Gasteiger partial charge in [-0.05, 0) is 19.4 Å². The Morgan fingerprint density at radius 1 is 1.50 bits per heavy atom. The molecule has 1 N–H and O–H groups in total. The first-order valence-electron chi connectivity index (χ1n) is 6.18. The van der Waals surface area contributed by atoms with Crippen molar-refractivity contribution in [2.45, 2.75) is 31.7 Å². The minimum absolute atomic E-state index is 0.0929. The van der Waals surface area contributed by atoms with E-state index in [4.69, 9.17) is 6.42 Å². The first kappa shape index (κ1) is 14.5. The van der Waals surface area contributed by atoms with Crippen LogP contribution in [-0.2, 0) is 14.3 Å². The zero-order chi connectivity index (χ0) is 13.4. The Hall–Kier alpha value is -1.54. The summed E-state index contributed by atoms with van der Waals surface area (Å²) in [6.07, 6.45) is 8.50. The first-order valence-corrected chi connectivity index (χ1v) is 6.18. The monoisotopic (exact) mass is 252 g/mol. The summed E-state index contributed by atoms with van der Waals surface area (Å²) in [5, 5.41) is 2.63. The molecule has 5 heteroatoms. The lowest BCUT2D eigenvalue weighted by Crippen LogP contribution is -2.46. The molecule has 1 aliphatic heterocycles. The molecule has 0 aromatic rings. The van der Waals surface area contributed by atoms with Crippen molar-refractivity contribution in [3.05, 3.63) is 0 Å². The number of hydrogen-bond donors (Lipinski definition) is 1. The van der Waals surface area contributed by atoms with E-state index in [1.54, 1.807) is 0 Å². The van der Waals surface area contributed by atoms with Gasteiger partial charge in [0, 0.05) is 6.04 Å². The third kappa shape index (κ3) is 4.76. The molecule has 0 aromatic carbocycles. The van der Waals surface area contributed by atoms with Crippen LogP contribution in [0.5, 0.6) is 0 Å². The molecule has 0 saturated carbocycles. The van der Waals surface area contributed by atoms with Crippen LogP contribution >= 0.6 is 0 Å². The molecule has 0 aromatic heterocycles. The van der Waals surface area contributed by atoms with Crippen LogP contribution in [0.4, 0.5) is 0 Å². The normalized spacial score (nSPS) is 19.9. The molecule has 0 spiro atoms. The molecular formula is C13H20N2O3. The van der Waals surface area contributed by atoms with Crippen LogP contribution in [0.25, 0.3) is 0 Å². The zero-order valence-electron chi connectivity index (χ0n) is 10.8. The predicted octanol–water partition coefficient (Wildman–Crippen LogP) is 0.153. The third-order valence-electron chi connectivity index (χ3n) is 3.11. The number of methoxy groups -OCH3 is 1. The highest BCUT2D eigenvalue weighted by Crippen LogP contribution is 2.19. The number of nitrogens with zero attached hydrogens (tertiary/aromatic N) is 1. The fourth-order valence-corrected chi connectivity index (χ4v) is 2.17. The van der Waals surface area contributed by atoms with Gasteiger partial charge in [0.05, 0.1) is 26.6 Å². The molecule has 0 radical (unpaired) electrons. The number of likely N-dealkylation sites (tertiary alicyclic amines) is 1. The molecule has 5 nitrogen and oxygen atoms in total. The maximum atomic E-state index is 11.6. The number of carbonyl (C=O) groups excluding carboxylic acids is 2. The van der Waals surface area contributed by atoms with Gasteiger partial charge in [-0.15, -0.1) is 6.42 Å². The van der Waals surface area contributed by atoms with Gasteiger partial charge in [-0.2, -0.15) is 0 Å².